The lowest BCUT2D eigenvalue weighted by molar-refractivity contribution is 0.890. The second kappa shape index (κ2) is 21.6. The van der Waals surface area contributed by atoms with E-state index in [0.717, 1.165) is 80.8 Å². The molecule has 12 rings (SSSR count). The third-order valence-electron chi connectivity index (χ3n) is 14.1. The molecule has 0 unspecified atom stereocenters. The average Bonchev–Trinajstić information content (AvgIpc) is 4.03. The standard InChI is InChI=1S/C71H56N4/c1-6-18-54(19-7-1)56-30-38-64(39-31-56)74(70-50-46-68(47-51-70)72(60-22-10-3-11-23-60)61-24-12-4-13-25-61)66-42-34-58(35-43-66)59-36-44-67(45-37-59)75(65-40-32-57(33-41-65)55-20-8-2-9-21-55)71-52-48-69(49-53-71)73(63-28-16-17-29-63)62-26-14-5-15-27-62/h1-15,18-28,30-53H,16-17,29H2. The molecule has 0 amide bonds. The van der Waals surface area contributed by atoms with Gasteiger partial charge < -0.3 is 19.6 Å². The highest BCUT2D eigenvalue weighted by Gasteiger charge is 2.21. The molecule has 0 aromatic heterocycles. The molecular weight excluding hydrogens is 909 g/mol. The Morgan fingerprint density at radius 2 is 0.387 bits per heavy atom. The molecule has 4 heteroatoms. The van der Waals surface area contributed by atoms with Crippen LogP contribution in [0.5, 0.6) is 0 Å². The number of nitrogens with zero attached hydrogens (tertiary/aromatic N) is 4. The quantitative estimate of drug-likeness (QED) is 0.101. The molecule has 0 fully saturated rings. The van der Waals surface area contributed by atoms with Gasteiger partial charge in [0.05, 0.1) is 0 Å². The molecule has 0 saturated heterocycles. The van der Waals surface area contributed by atoms with E-state index >= 15 is 0 Å². The number of allylic oxidation sites excluding steroid dienone is 2. The summed E-state index contributed by atoms with van der Waals surface area (Å²) in [5.41, 5.74) is 20.6. The molecule has 11 aromatic carbocycles. The summed E-state index contributed by atoms with van der Waals surface area (Å²) in [6, 6.07) is 107. The fraction of sp³-hybridized carbons (Fsp3) is 0.0423. The van der Waals surface area contributed by atoms with Gasteiger partial charge in [-0.05, 0) is 186 Å². The normalized spacial score (nSPS) is 11.9. The minimum absolute atomic E-state index is 1.07. The van der Waals surface area contributed by atoms with Crippen molar-refractivity contribution in [1.29, 1.82) is 0 Å². The monoisotopic (exact) mass is 964 g/mol. The maximum atomic E-state index is 2.42. The van der Waals surface area contributed by atoms with Gasteiger partial charge in [-0.25, -0.2) is 0 Å². The first-order valence-corrected chi connectivity index (χ1v) is 26.0. The zero-order chi connectivity index (χ0) is 50.2. The molecule has 11 aromatic rings. The predicted molar refractivity (Wildman–Crippen MR) is 317 cm³/mol. The largest absolute Gasteiger partial charge is 0.315 e. The average molecular weight is 965 g/mol. The number of benzene rings is 11. The molecule has 0 spiro atoms. The van der Waals surface area contributed by atoms with Gasteiger partial charge in [-0.2, -0.15) is 0 Å². The van der Waals surface area contributed by atoms with Gasteiger partial charge >= 0.3 is 0 Å². The van der Waals surface area contributed by atoms with Gasteiger partial charge in [0.25, 0.3) is 0 Å². The maximum Gasteiger partial charge on any atom is 0.0463 e. The van der Waals surface area contributed by atoms with Gasteiger partial charge in [0.1, 0.15) is 0 Å². The van der Waals surface area contributed by atoms with Crippen molar-refractivity contribution in [3.8, 4) is 33.4 Å². The van der Waals surface area contributed by atoms with Crippen LogP contribution in [0.25, 0.3) is 33.4 Å². The van der Waals surface area contributed by atoms with E-state index < -0.39 is 0 Å². The summed E-state index contributed by atoms with van der Waals surface area (Å²) in [5, 5.41) is 0. The van der Waals surface area contributed by atoms with Crippen LogP contribution in [0.1, 0.15) is 19.3 Å². The molecule has 75 heavy (non-hydrogen) atoms. The molecule has 0 radical (unpaired) electrons. The van der Waals surface area contributed by atoms with Gasteiger partial charge in [0.2, 0.25) is 0 Å². The van der Waals surface area contributed by atoms with Crippen molar-refractivity contribution in [2.24, 2.45) is 0 Å². The number of hydrogen-bond donors (Lipinski definition) is 0. The third-order valence-corrected chi connectivity index (χ3v) is 14.1. The van der Waals surface area contributed by atoms with Gasteiger partial charge in [-0.15, -0.1) is 0 Å². The molecule has 360 valence electrons. The number of para-hydroxylation sites is 3. The molecule has 0 saturated carbocycles. The second-order valence-electron chi connectivity index (χ2n) is 18.9. The van der Waals surface area contributed by atoms with Crippen LogP contribution < -0.4 is 19.6 Å². The zero-order valence-electron chi connectivity index (χ0n) is 41.8. The van der Waals surface area contributed by atoms with E-state index in [2.05, 4.69) is 323 Å². The van der Waals surface area contributed by atoms with Gasteiger partial charge in [-0.1, -0.05) is 170 Å². The van der Waals surface area contributed by atoms with Crippen LogP contribution in [0, 0.1) is 0 Å². The van der Waals surface area contributed by atoms with E-state index in [1.807, 2.05) is 0 Å². The van der Waals surface area contributed by atoms with Crippen molar-refractivity contribution in [3.63, 3.8) is 0 Å². The number of rotatable bonds is 15. The molecule has 0 aliphatic heterocycles. The highest BCUT2D eigenvalue weighted by molar-refractivity contribution is 5.85. The zero-order valence-corrected chi connectivity index (χ0v) is 41.8. The predicted octanol–water partition coefficient (Wildman–Crippen LogP) is 20.3. The molecule has 0 heterocycles. The van der Waals surface area contributed by atoms with Crippen LogP contribution in [0.4, 0.5) is 62.6 Å². The Morgan fingerprint density at radius 3 is 0.640 bits per heavy atom. The Labute approximate surface area is 441 Å². The highest BCUT2D eigenvalue weighted by atomic mass is 15.2. The molecule has 0 bridgehead atoms. The number of anilines is 11. The molecule has 0 atom stereocenters. The van der Waals surface area contributed by atoms with Gasteiger partial charge in [-0.3, -0.25) is 0 Å². The summed E-state index contributed by atoms with van der Waals surface area (Å²) in [5.74, 6) is 0. The molecular formula is C71H56N4. The van der Waals surface area contributed by atoms with E-state index in [0.29, 0.717) is 0 Å². The smallest absolute Gasteiger partial charge is 0.0463 e. The lowest BCUT2D eigenvalue weighted by atomic mass is 10.0. The molecule has 1 aliphatic carbocycles. The Kier molecular flexibility index (Phi) is 13.4. The van der Waals surface area contributed by atoms with E-state index in [-0.39, 0.29) is 0 Å². The summed E-state index contributed by atoms with van der Waals surface area (Å²) in [6.45, 7) is 0. The summed E-state index contributed by atoms with van der Waals surface area (Å²) in [7, 11) is 0. The first kappa shape index (κ1) is 46.4. The SMILES string of the molecule is C1=C(N(c2ccccc2)c2ccc(N(c3ccc(-c4ccccc4)cc3)c3ccc(-c4ccc(N(c5ccc(-c6ccccc6)cc5)c5ccc(N(c6ccccc6)c6ccccc6)cc5)cc4)cc3)cc2)CCC1. The minimum atomic E-state index is 1.07. The Morgan fingerprint density at radius 1 is 0.187 bits per heavy atom. The van der Waals surface area contributed by atoms with Crippen LogP contribution in [-0.2, 0) is 0 Å². The summed E-state index contributed by atoms with van der Waals surface area (Å²) >= 11 is 0. The molecule has 0 N–H and O–H groups in total. The first-order valence-electron chi connectivity index (χ1n) is 26.0. The van der Waals surface area contributed by atoms with Crippen LogP contribution in [0.2, 0.25) is 0 Å². The molecule has 4 nitrogen and oxygen atoms in total. The van der Waals surface area contributed by atoms with E-state index in [1.165, 1.54) is 40.1 Å². The van der Waals surface area contributed by atoms with Crippen LogP contribution >= 0.6 is 0 Å². The Hall–Kier alpha value is -9.64. The summed E-state index contributed by atoms with van der Waals surface area (Å²) in [4.78, 5) is 9.42. The van der Waals surface area contributed by atoms with E-state index in [1.54, 1.807) is 0 Å². The fourth-order valence-electron chi connectivity index (χ4n) is 10.4. The third kappa shape index (κ3) is 10.1. The summed E-state index contributed by atoms with van der Waals surface area (Å²) < 4.78 is 0. The van der Waals surface area contributed by atoms with Crippen molar-refractivity contribution in [2.75, 3.05) is 19.6 Å². The van der Waals surface area contributed by atoms with Crippen molar-refractivity contribution in [2.45, 2.75) is 19.3 Å². The molecule has 1 aliphatic rings. The first-order chi connectivity index (χ1) is 37.2. The lowest BCUT2D eigenvalue weighted by Crippen LogP contribution is -2.15. The maximum absolute atomic E-state index is 2.42. The topological polar surface area (TPSA) is 13.0 Å². The fourth-order valence-corrected chi connectivity index (χ4v) is 10.4. The minimum Gasteiger partial charge on any atom is -0.315 e. The Bertz CT molecular complexity index is 3560. The van der Waals surface area contributed by atoms with Crippen LogP contribution in [0.15, 0.2) is 309 Å². The highest BCUT2D eigenvalue weighted by Crippen LogP contribution is 2.43. The van der Waals surface area contributed by atoms with Crippen molar-refractivity contribution >= 4 is 62.6 Å². The second-order valence-corrected chi connectivity index (χ2v) is 18.9. The van der Waals surface area contributed by atoms with Gasteiger partial charge in [0.15, 0.2) is 0 Å². The number of hydrogen-bond acceptors (Lipinski definition) is 4. The lowest BCUT2D eigenvalue weighted by Gasteiger charge is -2.29. The van der Waals surface area contributed by atoms with Gasteiger partial charge in [0, 0.05) is 68.3 Å². The van der Waals surface area contributed by atoms with Crippen LogP contribution in [0.3, 0.4) is 0 Å². The summed E-state index contributed by atoms with van der Waals surface area (Å²) in [6.07, 6.45) is 5.77. The van der Waals surface area contributed by atoms with Crippen molar-refractivity contribution in [3.05, 3.63) is 309 Å². The van der Waals surface area contributed by atoms with E-state index in [9.17, 15) is 0 Å². The van der Waals surface area contributed by atoms with E-state index in [4.69, 9.17) is 0 Å². The van der Waals surface area contributed by atoms with Crippen molar-refractivity contribution < 1.29 is 0 Å². The van der Waals surface area contributed by atoms with Crippen molar-refractivity contribution in [1.82, 2.24) is 0 Å². The van der Waals surface area contributed by atoms with Crippen LogP contribution in [-0.4, -0.2) is 0 Å². The Balaban J connectivity index is 0.866.